The fraction of sp³-hybridized carbons (Fsp3) is 0.824. The minimum absolute atomic E-state index is 0.00142. The third-order valence-corrected chi connectivity index (χ3v) is 4.89. The Morgan fingerprint density at radius 3 is 2.76 bits per heavy atom. The van der Waals surface area contributed by atoms with Crippen molar-refractivity contribution in [2.24, 2.45) is 17.8 Å². The Morgan fingerprint density at radius 2 is 2.10 bits per heavy atom. The minimum atomic E-state index is -0.506. The fourth-order valence-electron chi connectivity index (χ4n) is 3.52. The van der Waals surface area contributed by atoms with E-state index in [0.717, 1.165) is 19.3 Å². The van der Waals surface area contributed by atoms with Crippen LogP contribution in [0.15, 0.2) is 12.2 Å². The third kappa shape index (κ3) is 4.47. The molecule has 0 spiro atoms. The molecule has 0 saturated heterocycles. The Morgan fingerprint density at radius 1 is 1.33 bits per heavy atom. The smallest absolute Gasteiger partial charge is 0.407 e. The molecule has 0 aliphatic heterocycles. The van der Waals surface area contributed by atoms with E-state index < -0.39 is 12.2 Å². The average molecular weight is 295 g/mol. The van der Waals surface area contributed by atoms with Crippen LogP contribution >= 0.6 is 0 Å². The number of carbonyl (C=O) groups excluding carboxylic acids is 1. The first-order chi connectivity index (χ1) is 9.97. The number of hydrogen-bond acceptors (Lipinski definition) is 3. The Hall–Kier alpha value is -1.03. The van der Waals surface area contributed by atoms with Gasteiger partial charge < -0.3 is 15.2 Å². The maximum atomic E-state index is 12.1. The topological polar surface area (TPSA) is 58.6 Å². The molecule has 0 aromatic rings. The normalized spacial score (nSPS) is 36.5. The summed E-state index contributed by atoms with van der Waals surface area (Å²) in [5, 5.41) is 12.7. The van der Waals surface area contributed by atoms with E-state index in [1.54, 1.807) is 0 Å². The van der Waals surface area contributed by atoms with E-state index >= 15 is 0 Å². The second-order valence-electron chi connectivity index (χ2n) is 7.01. The van der Waals surface area contributed by atoms with Gasteiger partial charge in [0.2, 0.25) is 0 Å². The van der Waals surface area contributed by atoms with Gasteiger partial charge in [0.1, 0.15) is 6.10 Å². The maximum Gasteiger partial charge on any atom is 0.407 e. The van der Waals surface area contributed by atoms with Crippen LogP contribution in [0.3, 0.4) is 0 Å². The lowest BCUT2D eigenvalue weighted by Crippen LogP contribution is -2.46. The molecule has 2 aliphatic carbocycles. The molecule has 5 atom stereocenters. The third-order valence-electron chi connectivity index (χ3n) is 4.89. The van der Waals surface area contributed by atoms with Crippen molar-refractivity contribution in [2.45, 2.75) is 71.1 Å². The second-order valence-corrected chi connectivity index (χ2v) is 7.01. The molecule has 0 bridgehead atoms. The average Bonchev–Trinajstić information content (AvgIpc) is 2.41. The number of ether oxygens (including phenoxy) is 1. The number of amides is 1. The summed E-state index contributed by atoms with van der Waals surface area (Å²) in [4.78, 5) is 12.1. The zero-order chi connectivity index (χ0) is 15.4. The van der Waals surface area contributed by atoms with Crippen molar-refractivity contribution in [2.75, 3.05) is 0 Å². The van der Waals surface area contributed by atoms with Gasteiger partial charge in [-0.2, -0.15) is 0 Å². The summed E-state index contributed by atoms with van der Waals surface area (Å²) < 4.78 is 5.69. The van der Waals surface area contributed by atoms with Crippen molar-refractivity contribution < 1.29 is 14.6 Å². The van der Waals surface area contributed by atoms with Crippen LogP contribution in [0.5, 0.6) is 0 Å². The van der Waals surface area contributed by atoms with Crippen LogP contribution in [0.2, 0.25) is 0 Å². The quantitative estimate of drug-likeness (QED) is 0.786. The number of alkyl carbamates (subject to hydrolysis) is 1. The maximum absolute atomic E-state index is 12.1. The van der Waals surface area contributed by atoms with E-state index in [0.29, 0.717) is 24.2 Å². The van der Waals surface area contributed by atoms with E-state index in [9.17, 15) is 9.90 Å². The molecule has 2 rings (SSSR count). The molecule has 0 aromatic heterocycles. The van der Waals surface area contributed by atoms with Gasteiger partial charge in [-0.1, -0.05) is 39.3 Å². The Kier molecular flexibility index (Phi) is 5.68. The molecule has 1 fully saturated rings. The SMILES string of the molecule is CC(C)[C@@H]1CC[C@@H](C)C[C@H]1OC(=O)N[C@@H]1C=CCC[C@H]1O. The molecule has 1 saturated carbocycles. The summed E-state index contributed by atoms with van der Waals surface area (Å²) in [6, 6.07) is -0.315. The van der Waals surface area contributed by atoms with Gasteiger partial charge in [0.05, 0.1) is 12.1 Å². The Labute approximate surface area is 127 Å². The van der Waals surface area contributed by atoms with Gasteiger partial charge >= 0.3 is 6.09 Å². The highest BCUT2D eigenvalue weighted by Crippen LogP contribution is 2.35. The minimum Gasteiger partial charge on any atom is -0.446 e. The van der Waals surface area contributed by atoms with Gasteiger partial charge in [0.25, 0.3) is 0 Å². The van der Waals surface area contributed by atoms with Crippen LogP contribution in [0.4, 0.5) is 4.79 Å². The summed E-state index contributed by atoms with van der Waals surface area (Å²) in [6.45, 7) is 6.61. The molecule has 4 heteroatoms. The van der Waals surface area contributed by atoms with Crippen LogP contribution < -0.4 is 5.32 Å². The molecular weight excluding hydrogens is 266 g/mol. The van der Waals surface area contributed by atoms with Crippen LogP contribution in [0, 0.1) is 17.8 Å². The monoisotopic (exact) mass is 295 g/mol. The highest BCUT2D eigenvalue weighted by Gasteiger charge is 2.34. The molecule has 0 aromatic carbocycles. The fourth-order valence-corrected chi connectivity index (χ4v) is 3.52. The number of aliphatic hydroxyl groups is 1. The van der Waals surface area contributed by atoms with Gasteiger partial charge in [-0.3, -0.25) is 0 Å². The van der Waals surface area contributed by atoms with Crippen molar-refractivity contribution >= 4 is 6.09 Å². The number of hydrogen-bond donors (Lipinski definition) is 2. The first-order valence-electron chi connectivity index (χ1n) is 8.29. The summed E-state index contributed by atoms with van der Waals surface area (Å²) >= 11 is 0. The molecule has 0 radical (unpaired) electrons. The number of allylic oxidation sites excluding steroid dienone is 1. The van der Waals surface area contributed by atoms with E-state index in [1.807, 2.05) is 12.2 Å². The van der Waals surface area contributed by atoms with E-state index in [-0.39, 0.29) is 12.1 Å². The van der Waals surface area contributed by atoms with E-state index in [2.05, 4.69) is 26.1 Å². The highest BCUT2D eigenvalue weighted by molar-refractivity contribution is 5.68. The van der Waals surface area contributed by atoms with Crippen LogP contribution in [0.1, 0.15) is 52.9 Å². The van der Waals surface area contributed by atoms with Crippen molar-refractivity contribution in [1.29, 1.82) is 0 Å². The molecule has 4 nitrogen and oxygen atoms in total. The molecule has 21 heavy (non-hydrogen) atoms. The second kappa shape index (κ2) is 7.30. The van der Waals surface area contributed by atoms with Crippen molar-refractivity contribution in [3.05, 3.63) is 12.2 Å². The standard InChI is InChI=1S/C17H29NO3/c1-11(2)13-9-8-12(3)10-16(13)21-17(20)18-14-6-4-5-7-15(14)19/h4,6,11-16,19H,5,7-10H2,1-3H3,(H,18,20)/t12-,13+,14-,15-,16-/m1/s1. The zero-order valence-electron chi connectivity index (χ0n) is 13.4. The number of nitrogens with one attached hydrogen (secondary N) is 1. The Bertz CT molecular complexity index is 380. The van der Waals surface area contributed by atoms with Gasteiger partial charge in [-0.05, 0) is 43.4 Å². The highest BCUT2D eigenvalue weighted by atomic mass is 16.6. The predicted molar refractivity (Wildman–Crippen MR) is 82.9 cm³/mol. The summed E-state index contributed by atoms with van der Waals surface area (Å²) in [6.07, 6.45) is 7.80. The zero-order valence-corrected chi connectivity index (χ0v) is 13.4. The molecule has 0 heterocycles. The van der Waals surface area contributed by atoms with Crippen LogP contribution in [0.25, 0.3) is 0 Å². The van der Waals surface area contributed by atoms with Crippen LogP contribution in [-0.2, 0) is 4.74 Å². The predicted octanol–water partition coefficient (Wildman–Crippen LogP) is 3.25. The van der Waals surface area contributed by atoms with E-state index in [4.69, 9.17) is 4.74 Å². The van der Waals surface area contributed by atoms with Gasteiger partial charge in [-0.25, -0.2) is 4.79 Å². The van der Waals surface area contributed by atoms with Gasteiger partial charge in [-0.15, -0.1) is 0 Å². The lowest BCUT2D eigenvalue weighted by molar-refractivity contribution is 0.00283. The number of aliphatic hydroxyl groups excluding tert-OH is 1. The lowest BCUT2D eigenvalue weighted by Gasteiger charge is -2.37. The summed E-state index contributed by atoms with van der Waals surface area (Å²) in [7, 11) is 0. The van der Waals surface area contributed by atoms with E-state index in [1.165, 1.54) is 6.42 Å². The van der Waals surface area contributed by atoms with Crippen LogP contribution in [-0.4, -0.2) is 29.4 Å². The van der Waals surface area contributed by atoms with Gasteiger partial charge in [0, 0.05) is 0 Å². The van der Waals surface area contributed by atoms with Crippen molar-refractivity contribution in [1.82, 2.24) is 5.32 Å². The van der Waals surface area contributed by atoms with Crippen molar-refractivity contribution in [3.8, 4) is 0 Å². The summed E-state index contributed by atoms with van der Waals surface area (Å²) in [5.74, 6) is 1.58. The molecular formula is C17H29NO3. The molecule has 0 unspecified atom stereocenters. The summed E-state index contributed by atoms with van der Waals surface area (Å²) in [5.41, 5.74) is 0. The molecule has 2 aliphatic rings. The van der Waals surface area contributed by atoms with Gasteiger partial charge in [0.15, 0.2) is 0 Å². The lowest BCUT2D eigenvalue weighted by atomic mass is 9.75. The molecule has 1 amide bonds. The largest absolute Gasteiger partial charge is 0.446 e. The number of carbonyl (C=O) groups is 1. The Balaban J connectivity index is 1.90. The van der Waals surface area contributed by atoms with Crippen molar-refractivity contribution in [3.63, 3.8) is 0 Å². The molecule has 120 valence electrons. The number of rotatable bonds is 3. The first kappa shape index (κ1) is 16.3. The molecule has 2 N–H and O–H groups in total. The first-order valence-corrected chi connectivity index (χ1v) is 8.29.